The van der Waals surface area contributed by atoms with Crippen LogP contribution in [0.4, 0.5) is 0 Å². The lowest BCUT2D eigenvalue weighted by atomic mass is 10.3. The summed E-state index contributed by atoms with van der Waals surface area (Å²) in [6.07, 6.45) is 0. The fraction of sp³-hybridized carbons (Fsp3) is 0.308. The van der Waals surface area contributed by atoms with Gasteiger partial charge in [-0.3, -0.25) is 0 Å². The monoisotopic (exact) mass is 295 g/mol. The Kier molecular flexibility index (Phi) is 4.24. The molecule has 0 amide bonds. The van der Waals surface area contributed by atoms with Crippen LogP contribution in [0.5, 0.6) is 5.75 Å². The molecule has 7 heteroatoms. The van der Waals surface area contributed by atoms with Crippen molar-refractivity contribution < 1.29 is 14.6 Å². The molecular weight excluding hydrogens is 282 g/mol. The van der Waals surface area contributed by atoms with E-state index in [1.807, 2.05) is 13.8 Å². The van der Waals surface area contributed by atoms with Gasteiger partial charge in [0.1, 0.15) is 18.1 Å². The zero-order chi connectivity index (χ0) is 14.7. The highest BCUT2D eigenvalue weighted by molar-refractivity contribution is 6.32. The Morgan fingerprint density at radius 1 is 1.45 bits per heavy atom. The molecule has 2 aromatic rings. The Balaban J connectivity index is 2.26. The molecule has 0 aliphatic heterocycles. The number of hydrogen-bond donors (Lipinski definition) is 1. The lowest BCUT2D eigenvalue weighted by molar-refractivity contribution is 0.0687. The maximum atomic E-state index is 11.1. The average Bonchev–Trinajstić information content (AvgIpc) is 2.82. The summed E-state index contributed by atoms with van der Waals surface area (Å²) in [5.74, 6) is -0.642. The molecule has 0 saturated carbocycles. The number of hydrogen-bond acceptors (Lipinski definition) is 4. The quantitative estimate of drug-likeness (QED) is 0.917. The van der Waals surface area contributed by atoms with E-state index in [-0.39, 0.29) is 18.3 Å². The van der Waals surface area contributed by atoms with Gasteiger partial charge in [0.25, 0.3) is 0 Å². The van der Waals surface area contributed by atoms with Gasteiger partial charge in [-0.1, -0.05) is 28.9 Å². The maximum Gasteiger partial charge on any atom is 0.358 e. The zero-order valence-electron chi connectivity index (χ0n) is 11.1. The molecule has 6 nitrogen and oxygen atoms in total. The molecule has 1 aromatic heterocycles. The predicted octanol–water partition coefficient (Wildman–Crippen LogP) is 2.79. The van der Waals surface area contributed by atoms with Crippen molar-refractivity contribution in [3.8, 4) is 5.75 Å². The normalized spacial score (nSPS) is 10.8. The Morgan fingerprint density at radius 3 is 2.75 bits per heavy atom. The highest BCUT2D eigenvalue weighted by atomic mass is 35.5. The first kappa shape index (κ1) is 14.3. The second kappa shape index (κ2) is 5.92. The third-order valence-corrected chi connectivity index (χ3v) is 3.00. The molecule has 1 aromatic carbocycles. The molecule has 106 valence electrons. The van der Waals surface area contributed by atoms with Gasteiger partial charge >= 0.3 is 5.97 Å². The van der Waals surface area contributed by atoms with Gasteiger partial charge < -0.3 is 9.84 Å². The van der Waals surface area contributed by atoms with Crippen LogP contribution in [-0.4, -0.2) is 26.1 Å². The van der Waals surface area contributed by atoms with Crippen LogP contribution in [0.1, 0.15) is 36.1 Å². The molecule has 2 rings (SSSR count). The molecule has 0 atom stereocenters. The smallest absolute Gasteiger partial charge is 0.358 e. The number of aromatic nitrogens is 3. The van der Waals surface area contributed by atoms with E-state index < -0.39 is 5.97 Å². The van der Waals surface area contributed by atoms with Crippen molar-refractivity contribution in [2.24, 2.45) is 0 Å². The summed E-state index contributed by atoms with van der Waals surface area (Å²) in [5, 5.41) is 17.1. The summed E-state index contributed by atoms with van der Waals surface area (Å²) < 4.78 is 7.09. The van der Waals surface area contributed by atoms with Crippen molar-refractivity contribution >= 4 is 17.6 Å². The Morgan fingerprint density at radius 2 is 2.15 bits per heavy atom. The third kappa shape index (κ3) is 2.91. The standard InChI is InChI=1S/C13H14ClN3O3/c1-8(2)17-10(12(13(18)19)15-16-17)7-20-11-6-4-3-5-9(11)14/h3-6,8H,7H2,1-2H3,(H,18,19). The number of nitrogens with zero attached hydrogens (tertiary/aromatic N) is 3. The summed E-state index contributed by atoms with van der Waals surface area (Å²) in [6.45, 7) is 3.81. The molecule has 20 heavy (non-hydrogen) atoms. The van der Waals surface area contributed by atoms with E-state index in [1.54, 1.807) is 24.3 Å². The molecule has 0 radical (unpaired) electrons. The molecule has 0 bridgehead atoms. The van der Waals surface area contributed by atoms with Crippen molar-refractivity contribution in [3.05, 3.63) is 40.7 Å². The SMILES string of the molecule is CC(C)n1nnc(C(=O)O)c1COc1ccccc1Cl. The average molecular weight is 296 g/mol. The van der Waals surface area contributed by atoms with Crippen molar-refractivity contribution in [3.63, 3.8) is 0 Å². The minimum Gasteiger partial charge on any atom is -0.486 e. The van der Waals surface area contributed by atoms with E-state index in [2.05, 4.69) is 10.3 Å². The topological polar surface area (TPSA) is 77.2 Å². The first-order valence-electron chi connectivity index (χ1n) is 6.05. The molecule has 0 fully saturated rings. The number of aromatic carboxylic acids is 1. The number of carboxylic acid groups (broad SMARTS) is 1. The maximum absolute atomic E-state index is 11.1. The van der Waals surface area contributed by atoms with Gasteiger partial charge in [-0.25, -0.2) is 9.48 Å². The summed E-state index contributed by atoms with van der Waals surface area (Å²) in [7, 11) is 0. The molecule has 1 N–H and O–H groups in total. The van der Waals surface area contributed by atoms with Crippen LogP contribution in [0.25, 0.3) is 0 Å². The zero-order valence-corrected chi connectivity index (χ0v) is 11.8. The number of ether oxygens (including phenoxy) is 1. The predicted molar refractivity (Wildman–Crippen MR) is 73.2 cm³/mol. The summed E-state index contributed by atoms with van der Waals surface area (Å²) in [6, 6.07) is 6.98. The fourth-order valence-electron chi connectivity index (χ4n) is 1.74. The number of carboxylic acids is 1. The first-order valence-corrected chi connectivity index (χ1v) is 6.43. The van der Waals surface area contributed by atoms with Crippen molar-refractivity contribution in [1.29, 1.82) is 0 Å². The summed E-state index contributed by atoms with van der Waals surface area (Å²) >= 11 is 5.99. The number of halogens is 1. The molecule has 0 saturated heterocycles. The lowest BCUT2D eigenvalue weighted by Gasteiger charge is -2.12. The third-order valence-electron chi connectivity index (χ3n) is 2.68. The van der Waals surface area contributed by atoms with Gasteiger partial charge in [0.15, 0.2) is 5.69 Å². The van der Waals surface area contributed by atoms with E-state index in [0.717, 1.165) is 0 Å². The van der Waals surface area contributed by atoms with Crippen LogP contribution < -0.4 is 4.74 Å². The van der Waals surface area contributed by atoms with E-state index in [0.29, 0.717) is 16.5 Å². The first-order chi connectivity index (χ1) is 9.50. The Labute approximate surface area is 120 Å². The number of benzene rings is 1. The lowest BCUT2D eigenvalue weighted by Crippen LogP contribution is -2.13. The highest BCUT2D eigenvalue weighted by Crippen LogP contribution is 2.24. The van der Waals surface area contributed by atoms with Crippen LogP contribution in [-0.2, 0) is 6.61 Å². The summed E-state index contributed by atoms with van der Waals surface area (Å²) in [5.41, 5.74) is 0.304. The minimum atomic E-state index is -1.13. The van der Waals surface area contributed by atoms with E-state index in [1.165, 1.54) is 4.68 Å². The highest BCUT2D eigenvalue weighted by Gasteiger charge is 2.21. The van der Waals surface area contributed by atoms with Crippen molar-refractivity contribution in [1.82, 2.24) is 15.0 Å². The van der Waals surface area contributed by atoms with Crippen LogP contribution in [0.3, 0.4) is 0 Å². The van der Waals surface area contributed by atoms with Crippen LogP contribution in [0.2, 0.25) is 5.02 Å². The van der Waals surface area contributed by atoms with Gasteiger partial charge in [0, 0.05) is 6.04 Å². The Bertz CT molecular complexity index is 625. The molecule has 1 heterocycles. The second-order valence-electron chi connectivity index (χ2n) is 4.45. The number of carbonyl (C=O) groups is 1. The van der Waals surface area contributed by atoms with Crippen LogP contribution >= 0.6 is 11.6 Å². The van der Waals surface area contributed by atoms with Crippen LogP contribution in [0.15, 0.2) is 24.3 Å². The fourth-order valence-corrected chi connectivity index (χ4v) is 1.93. The van der Waals surface area contributed by atoms with Gasteiger partial charge in [0.05, 0.1) is 5.02 Å². The molecule has 0 aliphatic rings. The van der Waals surface area contributed by atoms with Gasteiger partial charge in [-0.05, 0) is 26.0 Å². The molecule has 0 spiro atoms. The number of para-hydroxylation sites is 1. The molecule has 0 unspecified atom stereocenters. The van der Waals surface area contributed by atoms with Crippen LogP contribution in [0, 0.1) is 0 Å². The largest absolute Gasteiger partial charge is 0.486 e. The Hall–Kier alpha value is -2.08. The minimum absolute atomic E-state index is 0.0135. The van der Waals surface area contributed by atoms with Crippen molar-refractivity contribution in [2.75, 3.05) is 0 Å². The second-order valence-corrected chi connectivity index (χ2v) is 4.85. The molecule has 0 aliphatic carbocycles. The van der Waals surface area contributed by atoms with Gasteiger partial charge in [-0.2, -0.15) is 0 Å². The van der Waals surface area contributed by atoms with Gasteiger partial charge in [0.2, 0.25) is 0 Å². The summed E-state index contributed by atoms with van der Waals surface area (Å²) in [4.78, 5) is 11.1. The van der Waals surface area contributed by atoms with E-state index in [4.69, 9.17) is 21.4 Å². The van der Waals surface area contributed by atoms with Crippen molar-refractivity contribution in [2.45, 2.75) is 26.5 Å². The molecular formula is C13H14ClN3O3. The van der Waals surface area contributed by atoms with Gasteiger partial charge in [-0.15, -0.1) is 5.10 Å². The van der Waals surface area contributed by atoms with E-state index in [9.17, 15) is 4.79 Å². The van der Waals surface area contributed by atoms with E-state index >= 15 is 0 Å². The number of rotatable bonds is 5.